The highest BCUT2D eigenvalue weighted by atomic mass is 35.5. The van der Waals surface area contributed by atoms with Crippen molar-refractivity contribution in [2.75, 3.05) is 11.1 Å². The van der Waals surface area contributed by atoms with Gasteiger partial charge >= 0.3 is 0 Å². The molecule has 0 bridgehead atoms. The lowest BCUT2D eigenvalue weighted by atomic mass is 10.2. The molecule has 0 spiro atoms. The molecule has 3 aromatic carbocycles. The number of aryl methyl sites for hydroxylation is 1. The number of amides is 1. The SMILES string of the molecule is Cc1ccc(-n2c(SCC(=O)Nc3c(F)cccc3F)nc3ccccc3c2=O)cc1Cl. The van der Waals surface area contributed by atoms with Gasteiger partial charge in [-0.05, 0) is 48.9 Å². The molecule has 0 fully saturated rings. The molecular formula is C23H16ClF2N3O2S. The van der Waals surface area contributed by atoms with E-state index in [-0.39, 0.29) is 16.5 Å². The van der Waals surface area contributed by atoms with Gasteiger partial charge in [0.15, 0.2) is 5.16 Å². The first kappa shape index (κ1) is 22.0. The number of rotatable bonds is 5. The van der Waals surface area contributed by atoms with Gasteiger partial charge in [0, 0.05) is 5.02 Å². The molecule has 162 valence electrons. The molecule has 1 heterocycles. The van der Waals surface area contributed by atoms with Crippen molar-refractivity contribution in [2.24, 2.45) is 0 Å². The fourth-order valence-corrected chi connectivity index (χ4v) is 4.07. The van der Waals surface area contributed by atoms with Gasteiger partial charge in [-0.1, -0.05) is 47.6 Å². The van der Waals surface area contributed by atoms with E-state index in [0.717, 1.165) is 29.5 Å². The Hall–Kier alpha value is -3.23. The third-order valence-electron chi connectivity index (χ3n) is 4.72. The molecule has 0 aliphatic rings. The third-order valence-corrected chi connectivity index (χ3v) is 6.06. The highest BCUT2D eigenvalue weighted by Crippen LogP contribution is 2.25. The number of para-hydroxylation sites is 2. The molecule has 0 unspecified atom stereocenters. The Balaban J connectivity index is 1.70. The van der Waals surface area contributed by atoms with E-state index in [2.05, 4.69) is 10.3 Å². The zero-order valence-corrected chi connectivity index (χ0v) is 18.3. The summed E-state index contributed by atoms with van der Waals surface area (Å²) in [4.78, 5) is 30.2. The summed E-state index contributed by atoms with van der Waals surface area (Å²) in [5, 5.41) is 3.36. The lowest BCUT2D eigenvalue weighted by molar-refractivity contribution is -0.113. The third kappa shape index (κ3) is 4.37. The molecule has 1 N–H and O–H groups in total. The van der Waals surface area contributed by atoms with Crippen LogP contribution in [-0.4, -0.2) is 21.2 Å². The second-order valence-corrected chi connectivity index (χ2v) is 8.27. The summed E-state index contributed by atoms with van der Waals surface area (Å²) in [7, 11) is 0. The van der Waals surface area contributed by atoms with E-state index < -0.39 is 23.2 Å². The van der Waals surface area contributed by atoms with Crippen LogP contribution in [0.2, 0.25) is 5.02 Å². The van der Waals surface area contributed by atoms with Crippen molar-refractivity contribution in [2.45, 2.75) is 12.1 Å². The van der Waals surface area contributed by atoms with Crippen LogP contribution in [0.5, 0.6) is 0 Å². The summed E-state index contributed by atoms with van der Waals surface area (Å²) in [6, 6.07) is 15.3. The number of aromatic nitrogens is 2. The summed E-state index contributed by atoms with van der Waals surface area (Å²) >= 11 is 7.23. The van der Waals surface area contributed by atoms with Gasteiger partial charge in [-0.3, -0.25) is 14.2 Å². The van der Waals surface area contributed by atoms with Gasteiger partial charge in [0.05, 0.1) is 22.3 Å². The molecule has 9 heteroatoms. The van der Waals surface area contributed by atoms with Crippen LogP contribution >= 0.6 is 23.4 Å². The Morgan fingerprint density at radius 3 is 2.53 bits per heavy atom. The quantitative estimate of drug-likeness (QED) is 0.314. The second-order valence-electron chi connectivity index (χ2n) is 6.92. The molecule has 0 saturated heterocycles. The van der Waals surface area contributed by atoms with E-state index in [1.54, 1.807) is 42.5 Å². The van der Waals surface area contributed by atoms with Crippen LogP contribution in [0.4, 0.5) is 14.5 Å². The fraction of sp³-hybridized carbons (Fsp3) is 0.0870. The number of fused-ring (bicyclic) bond motifs is 1. The lowest BCUT2D eigenvalue weighted by Crippen LogP contribution is -2.23. The van der Waals surface area contributed by atoms with Gasteiger partial charge in [-0.2, -0.15) is 0 Å². The van der Waals surface area contributed by atoms with E-state index in [4.69, 9.17) is 11.6 Å². The number of anilines is 1. The molecule has 4 aromatic rings. The molecule has 32 heavy (non-hydrogen) atoms. The lowest BCUT2D eigenvalue weighted by Gasteiger charge is -2.14. The maximum Gasteiger partial charge on any atom is 0.266 e. The number of nitrogens with one attached hydrogen (secondary N) is 1. The molecule has 1 amide bonds. The minimum atomic E-state index is -0.876. The molecule has 0 aliphatic heterocycles. The van der Waals surface area contributed by atoms with E-state index in [9.17, 15) is 18.4 Å². The van der Waals surface area contributed by atoms with Crippen molar-refractivity contribution < 1.29 is 13.6 Å². The second kappa shape index (κ2) is 9.10. The summed E-state index contributed by atoms with van der Waals surface area (Å²) in [6.07, 6.45) is 0. The molecule has 0 atom stereocenters. The predicted molar refractivity (Wildman–Crippen MR) is 123 cm³/mol. The number of carbonyl (C=O) groups is 1. The number of nitrogens with zero attached hydrogens (tertiary/aromatic N) is 2. The molecule has 0 radical (unpaired) electrons. The predicted octanol–water partition coefficient (Wildman–Crippen LogP) is 5.36. The number of benzene rings is 3. The summed E-state index contributed by atoms with van der Waals surface area (Å²) < 4.78 is 29.0. The summed E-state index contributed by atoms with van der Waals surface area (Å²) in [6.45, 7) is 1.84. The normalized spacial score (nSPS) is 11.0. The Bertz CT molecular complexity index is 1390. The van der Waals surface area contributed by atoms with E-state index >= 15 is 0 Å². The number of hydrogen-bond donors (Lipinski definition) is 1. The maximum absolute atomic E-state index is 13.8. The maximum atomic E-state index is 13.8. The number of hydrogen-bond acceptors (Lipinski definition) is 4. The first-order chi connectivity index (χ1) is 15.3. The van der Waals surface area contributed by atoms with E-state index in [0.29, 0.717) is 21.6 Å². The van der Waals surface area contributed by atoms with Gasteiger partial charge in [-0.15, -0.1) is 0 Å². The van der Waals surface area contributed by atoms with Crippen molar-refractivity contribution in [1.82, 2.24) is 9.55 Å². The average Bonchev–Trinajstić information content (AvgIpc) is 2.77. The Morgan fingerprint density at radius 1 is 1.09 bits per heavy atom. The van der Waals surface area contributed by atoms with Crippen molar-refractivity contribution in [3.63, 3.8) is 0 Å². The number of thioether (sulfide) groups is 1. The van der Waals surface area contributed by atoms with Gasteiger partial charge in [0.1, 0.15) is 17.3 Å². The minimum absolute atomic E-state index is 0.224. The molecule has 0 aliphatic carbocycles. The molecule has 1 aromatic heterocycles. The first-order valence-corrected chi connectivity index (χ1v) is 10.9. The van der Waals surface area contributed by atoms with Gasteiger partial charge in [-0.25, -0.2) is 13.8 Å². The molecule has 4 rings (SSSR count). The van der Waals surface area contributed by atoms with E-state index in [1.165, 1.54) is 10.6 Å². The van der Waals surface area contributed by atoms with Gasteiger partial charge in [0.25, 0.3) is 5.56 Å². The topological polar surface area (TPSA) is 64.0 Å². The number of halogens is 3. The minimum Gasteiger partial charge on any atom is -0.320 e. The first-order valence-electron chi connectivity index (χ1n) is 9.50. The monoisotopic (exact) mass is 471 g/mol. The smallest absolute Gasteiger partial charge is 0.266 e. The largest absolute Gasteiger partial charge is 0.320 e. The molecule has 0 saturated carbocycles. The Morgan fingerprint density at radius 2 is 1.81 bits per heavy atom. The Kier molecular flexibility index (Phi) is 6.25. The Labute approximate surface area is 191 Å². The van der Waals surface area contributed by atoms with Crippen molar-refractivity contribution in [1.29, 1.82) is 0 Å². The van der Waals surface area contributed by atoms with E-state index in [1.807, 2.05) is 6.92 Å². The highest BCUT2D eigenvalue weighted by Gasteiger charge is 2.17. The molecular weight excluding hydrogens is 456 g/mol. The zero-order valence-electron chi connectivity index (χ0n) is 16.7. The summed E-state index contributed by atoms with van der Waals surface area (Å²) in [5.74, 6) is -2.62. The summed E-state index contributed by atoms with van der Waals surface area (Å²) in [5.41, 5.74) is 0.963. The van der Waals surface area contributed by atoms with Crippen LogP contribution in [0.3, 0.4) is 0 Å². The van der Waals surface area contributed by atoms with Crippen LogP contribution in [0.15, 0.2) is 70.6 Å². The molecule has 5 nitrogen and oxygen atoms in total. The van der Waals surface area contributed by atoms with Crippen LogP contribution in [-0.2, 0) is 4.79 Å². The van der Waals surface area contributed by atoms with Crippen molar-refractivity contribution in [3.8, 4) is 5.69 Å². The van der Waals surface area contributed by atoms with Gasteiger partial charge < -0.3 is 5.32 Å². The number of carbonyl (C=O) groups excluding carboxylic acids is 1. The van der Waals surface area contributed by atoms with Crippen LogP contribution in [0, 0.1) is 18.6 Å². The van der Waals surface area contributed by atoms with Crippen LogP contribution in [0.1, 0.15) is 5.56 Å². The fourth-order valence-electron chi connectivity index (χ4n) is 3.08. The standard InChI is InChI=1S/C23H16ClF2N3O2S/c1-13-9-10-14(11-16(13)24)29-22(31)15-5-2-3-8-19(15)27-23(29)32-12-20(30)28-21-17(25)6-4-7-18(21)26/h2-11H,12H2,1H3,(H,28,30). The average molecular weight is 472 g/mol. The zero-order chi connectivity index (χ0) is 22.8. The van der Waals surface area contributed by atoms with Crippen LogP contribution < -0.4 is 10.9 Å². The van der Waals surface area contributed by atoms with Crippen molar-refractivity contribution >= 4 is 45.9 Å². The van der Waals surface area contributed by atoms with Gasteiger partial charge in [0.2, 0.25) is 5.91 Å². The van der Waals surface area contributed by atoms with Crippen LogP contribution in [0.25, 0.3) is 16.6 Å². The van der Waals surface area contributed by atoms with Crippen molar-refractivity contribution in [3.05, 3.63) is 93.2 Å². The highest BCUT2D eigenvalue weighted by molar-refractivity contribution is 7.99.